The number of aliphatic hydroxyl groups excluding tert-OH is 2. The smallest absolute Gasteiger partial charge is 0.280 e. The molecule has 2 aromatic rings. The van der Waals surface area contributed by atoms with Gasteiger partial charge in [-0.3, -0.25) is 4.79 Å². The van der Waals surface area contributed by atoms with Crippen LogP contribution in [0, 0.1) is 5.92 Å². The molecule has 0 bridgehead atoms. The van der Waals surface area contributed by atoms with Gasteiger partial charge in [-0.05, 0) is 25.0 Å². The van der Waals surface area contributed by atoms with E-state index in [1.54, 1.807) is 0 Å². The minimum absolute atomic E-state index is 0.0469. The SMILES string of the molecule is O=C(N[C@@H]1C[C@H](CO)[C@H](O)C1)c1nc2ccccc2s1. The van der Waals surface area contributed by atoms with Gasteiger partial charge in [0.1, 0.15) is 0 Å². The van der Waals surface area contributed by atoms with E-state index in [0.717, 1.165) is 10.2 Å². The van der Waals surface area contributed by atoms with Gasteiger partial charge in [0, 0.05) is 18.6 Å². The number of aliphatic hydroxyl groups is 2. The summed E-state index contributed by atoms with van der Waals surface area (Å²) in [7, 11) is 0. The summed E-state index contributed by atoms with van der Waals surface area (Å²) in [4.78, 5) is 16.5. The lowest BCUT2D eigenvalue weighted by molar-refractivity contribution is 0.0903. The van der Waals surface area contributed by atoms with Crippen LogP contribution in [0.2, 0.25) is 0 Å². The molecule has 1 amide bonds. The topological polar surface area (TPSA) is 82.5 Å². The lowest BCUT2D eigenvalue weighted by atomic mass is 10.1. The molecule has 0 unspecified atom stereocenters. The number of nitrogens with one attached hydrogen (secondary N) is 1. The molecule has 0 radical (unpaired) electrons. The van der Waals surface area contributed by atoms with Gasteiger partial charge in [-0.25, -0.2) is 4.98 Å². The molecule has 1 fully saturated rings. The van der Waals surface area contributed by atoms with Crippen molar-refractivity contribution in [2.24, 2.45) is 5.92 Å². The van der Waals surface area contributed by atoms with E-state index >= 15 is 0 Å². The van der Waals surface area contributed by atoms with Crippen molar-refractivity contribution in [3.05, 3.63) is 29.3 Å². The largest absolute Gasteiger partial charge is 0.396 e. The van der Waals surface area contributed by atoms with Crippen molar-refractivity contribution in [3.63, 3.8) is 0 Å². The summed E-state index contributed by atoms with van der Waals surface area (Å²) in [5, 5.41) is 22.2. The fourth-order valence-corrected chi connectivity index (χ4v) is 3.50. The molecule has 0 saturated heterocycles. The van der Waals surface area contributed by atoms with Crippen molar-refractivity contribution in [1.82, 2.24) is 10.3 Å². The van der Waals surface area contributed by atoms with Crippen LogP contribution in [0.3, 0.4) is 0 Å². The Morgan fingerprint density at radius 3 is 2.90 bits per heavy atom. The monoisotopic (exact) mass is 292 g/mol. The zero-order chi connectivity index (χ0) is 14.1. The molecule has 3 rings (SSSR count). The maximum atomic E-state index is 12.2. The second-order valence-corrected chi connectivity index (χ2v) is 6.17. The van der Waals surface area contributed by atoms with Crippen molar-refractivity contribution in [2.75, 3.05) is 6.61 Å². The van der Waals surface area contributed by atoms with Crippen LogP contribution in [0.1, 0.15) is 22.6 Å². The predicted molar refractivity (Wildman–Crippen MR) is 76.7 cm³/mol. The highest BCUT2D eigenvalue weighted by molar-refractivity contribution is 7.20. The van der Waals surface area contributed by atoms with E-state index in [0.29, 0.717) is 17.8 Å². The molecule has 3 atom stereocenters. The summed E-state index contributed by atoms with van der Waals surface area (Å²) in [5.41, 5.74) is 0.822. The van der Waals surface area contributed by atoms with Crippen molar-refractivity contribution in [3.8, 4) is 0 Å². The molecule has 1 saturated carbocycles. The highest BCUT2D eigenvalue weighted by Crippen LogP contribution is 2.27. The standard InChI is InChI=1S/C14H16N2O3S/c17-7-8-5-9(6-11(8)18)15-13(19)14-16-10-3-1-2-4-12(10)20-14/h1-4,8-9,11,17-18H,5-7H2,(H,15,19)/t8-,9-,11-/m1/s1. The van der Waals surface area contributed by atoms with E-state index in [4.69, 9.17) is 5.11 Å². The minimum atomic E-state index is -0.541. The summed E-state index contributed by atoms with van der Waals surface area (Å²) >= 11 is 1.36. The summed E-state index contributed by atoms with van der Waals surface area (Å²) < 4.78 is 0.984. The Balaban J connectivity index is 1.70. The van der Waals surface area contributed by atoms with E-state index in [1.165, 1.54) is 11.3 Å². The van der Waals surface area contributed by atoms with Gasteiger partial charge in [0.05, 0.1) is 16.3 Å². The first-order valence-electron chi connectivity index (χ1n) is 6.62. The van der Waals surface area contributed by atoms with Gasteiger partial charge >= 0.3 is 0 Å². The Morgan fingerprint density at radius 2 is 2.20 bits per heavy atom. The lowest BCUT2D eigenvalue weighted by Gasteiger charge is -2.10. The summed E-state index contributed by atoms with van der Waals surface area (Å²) in [5.74, 6) is -0.349. The molecular weight excluding hydrogens is 276 g/mol. The predicted octanol–water partition coefficient (Wildman–Crippen LogP) is 1.16. The van der Waals surface area contributed by atoms with Gasteiger partial charge in [0.15, 0.2) is 5.01 Å². The maximum absolute atomic E-state index is 12.2. The number of aromatic nitrogens is 1. The summed E-state index contributed by atoms with van der Waals surface area (Å²) in [6.07, 6.45) is 0.552. The molecular formula is C14H16N2O3S. The second-order valence-electron chi connectivity index (χ2n) is 5.14. The van der Waals surface area contributed by atoms with Crippen molar-refractivity contribution in [1.29, 1.82) is 0 Å². The molecule has 1 aromatic carbocycles. The van der Waals surface area contributed by atoms with Crippen LogP contribution in [-0.4, -0.2) is 39.9 Å². The van der Waals surface area contributed by atoms with Gasteiger partial charge in [-0.1, -0.05) is 12.1 Å². The van der Waals surface area contributed by atoms with Gasteiger partial charge < -0.3 is 15.5 Å². The molecule has 6 heteroatoms. The third-order valence-electron chi connectivity index (χ3n) is 3.72. The van der Waals surface area contributed by atoms with Crippen LogP contribution in [-0.2, 0) is 0 Å². The first kappa shape index (κ1) is 13.5. The van der Waals surface area contributed by atoms with Crippen LogP contribution >= 0.6 is 11.3 Å². The number of hydrogen-bond acceptors (Lipinski definition) is 5. The van der Waals surface area contributed by atoms with Gasteiger partial charge in [-0.2, -0.15) is 0 Å². The third-order valence-corrected chi connectivity index (χ3v) is 4.75. The average molecular weight is 292 g/mol. The van der Waals surface area contributed by atoms with Crippen molar-refractivity contribution < 1.29 is 15.0 Å². The number of carbonyl (C=O) groups is 1. The van der Waals surface area contributed by atoms with Gasteiger partial charge in [0.2, 0.25) is 0 Å². The number of benzene rings is 1. The van der Waals surface area contributed by atoms with Gasteiger partial charge in [-0.15, -0.1) is 11.3 Å². The first-order valence-corrected chi connectivity index (χ1v) is 7.44. The molecule has 1 heterocycles. The number of amides is 1. The van der Waals surface area contributed by atoms with Crippen LogP contribution in [0.15, 0.2) is 24.3 Å². The van der Waals surface area contributed by atoms with E-state index in [1.807, 2.05) is 24.3 Å². The molecule has 3 N–H and O–H groups in total. The number of rotatable bonds is 3. The quantitative estimate of drug-likeness (QED) is 0.793. The van der Waals surface area contributed by atoms with Crippen LogP contribution in [0.25, 0.3) is 10.2 Å². The van der Waals surface area contributed by atoms with Crippen molar-refractivity contribution >= 4 is 27.5 Å². The minimum Gasteiger partial charge on any atom is -0.396 e. The Bertz CT molecular complexity index is 595. The van der Waals surface area contributed by atoms with E-state index < -0.39 is 6.10 Å². The maximum Gasteiger partial charge on any atom is 0.280 e. The number of para-hydroxylation sites is 1. The zero-order valence-electron chi connectivity index (χ0n) is 10.8. The highest BCUT2D eigenvalue weighted by Gasteiger charge is 2.33. The molecule has 1 aliphatic carbocycles. The number of fused-ring (bicyclic) bond motifs is 1. The van der Waals surface area contributed by atoms with Crippen molar-refractivity contribution in [2.45, 2.75) is 25.0 Å². The van der Waals surface area contributed by atoms with E-state index in [2.05, 4.69) is 10.3 Å². The molecule has 0 spiro atoms. The Hall–Kier alpha value is -1.50. The average Bonchev–Trinajstić information content (AvgIpc) is 3.01. The number of nitrogens with zero attached hydrogens (tertiary/aromatic N) is 1. The zero-order valence-corrected chi connectivity index (χ0v) is 11.6. The molecule has 0 aliphatic heterocycles. The fourth-order valence-electron chi connectivity index (χ4n) is 2.63. The van der Waals surface area contributed by atoms with Crippen LogP contribution in [0.5, 0.6) is 0 Å². The normalized spacial score (nSPS) is 26.0. The van der Waals surface area contributed by atoms with E-state index in [9.17, 15) is 9.90 Å². The number of thiazole rings is 1. The summed E-state index contributed by atoms with van der Waals surface area (Å²) in [6, 6.07) is 7.53. The second kappa shape index (κ2) is 5.47. The Morgan fingerprint density at radius 1 is 1.40 bits per heavy atom. The molecule has 20 heavy (non-hydrogen) atoms. The number of carbonyl (C=O) groups excluding carboxylic acids is 1. The van der Waals surface area contributed by atoms with Crippen LogP contribution < -0.4 is 5.32 Å². The van der Waals surface area contributed by atoms with E-state index in [-0.39, 0.29) is 24.5 Å². The van der Waals surface area contributed by atoms with Crippen LogP contribution in [0.4, 0.5) is 0 Å². The van der Waals surface area contributed by atoms with Gasteiger partial charge in [0.25, 0.3) is 5.91 Å². The fraction of sp³-hybridized carbons (Fsp3) is 0.429. The third kappa shape index (κ3) is 2.54. The summed E-state index contributed by atoms with van der Waals surface area (Å²) in [6.45, 7) is -0.0469. The first-order chi connectivity index (χ1) is 9.67. The Labute approximate surface area is 120 Å². The Kier molecular flexibility index (Phi) is 3.69. The number of hydrogen-bond donors (Lipinski definition) is 3. The molecule has 5 nitrogen and oxygen atoms in total. The molecule has 1 aromatic heterocycles. The lowest BCUT2D eigenvalue weighted by Crippen LogP contribution is -2.33. The highest BCUT2D eigenvalue weighted by atomic mass is 32.1. The molecule has 1 aliphatic rings. The molecule has 106 valence electrons.